The van der Waals surface area contributed by atoms with Gasteiger partial charge >= 0.3 is 5.97 Å². The fourth-order valence-electron chi connectivity index (χ4n) is 4.82. The molecular formula is C27H31ClFN5O3. The number of nitrogens with one attached hydrogen (secondary N) is 2. The molecule has 8 nitrogen and oxygen atoms in total. The van der Waals surface area contributed by atoms with Gasteiger partial charge in [-0.05, 0) is 51.9 Å². The number of ketones is 1. The van der Waals surface area contributed by atoms with Crippen LogP contribution in [0.5, 0.6) is 0 Å². The molecule has 37 heavy (non-hydrogen) atoms. The summed E-state index contributed by atoms with van der Waals surface area (Å²) in [5.74, 6) is -0.331. The lowest BCUT2D eigenvalue weighted by atomic mass is 9.74. The average Bonchev–Trinajstić information content (AvgIpc) is 3.28. The number of aryl methyl sites for hydroxylation is 1. The van der Waals surface area contributed by atoms with E-state index in [2.05, 4.69) is 15.5 Å². The van der Waals surface area contributed by atoms with Gasteiger partial charge in [-0.3, -0.25) is 19.6 Å². The van der Waals surface area contributed by atoms with Gasteiger partial charge in [0.25, 0.3) is 0 Å². The Morgan fingerprint density at radius 3 is 2.59 bits per heavy atom. The normalized spacial score (nSPS) is 15.5. The third-order valence-corrected chi connectivity index (χ3v) is 7.40. The highest BCUT2D eigenvalue weighted by Gasteiger charge is 2.42. The van der Waals surface area contributed by atoms with Crippen molar-refractivity contribution in [3.8, 4) is 0 Å². The summed E-state index contributed by atoms with van der Waals surface area (Å²) in [5, 5.41) is 20.6. The van der Waals surface area contributed by atoms with E-state index in [1.54, 1.807) is 25.1 Å². The molecule has 3 heterocycles. The van der Waals surface area contributed by atoms with Crippen molar-refractivity contribution in [3.05, 3.63) is 69.2 Å². The van der Waals surface area contributed by atoms with Gasteiger partial charge in [-0.25, -0.2) is 9.37 Å². The zero-order valence-electron chi connectivity index (χ0n) is 21.2. The fraction of sp³-hybridized carbons (Fsp3) is 0.407. The number of piperidine rings is 1. The van der Waals surface area contributed by atoms with Crippen LogP contribution in [0.3, 0.4) is 0 Å². The number of carbonyl (C=O) groups is 2. The zero-order chi connectivity index (χ0) is 26.7. The van der Waals surface area contributed by atoms with Crippen molar-refractivity contribution in [2.45, 2.75) is 53.0 Å². The Labute approximate surface area is 220 Å². The number of pyridine rings is 1. The molecule has 0 amide bonds. The number of halogens is 2. The summed E-state index contributed by atoms with van der Waals surface area (Å²) in [6.45, 7) is 6.83. The van der Waals surface area contributed by atoms with Crippen LogP contribution in [0.25, 0.3) is 0 Å². The smallest absolute Gasteiger partial charge is 0.310 e. The van der Waals surface area contributed by atoms with Crippen LogP contribution < -0.4 is 5.32 Å². The lowest BCUT2D eigenvalue weighted by molar-refractivity contribution is -0.152. The van der Waals surface area contributed by atoms with E-state index in [-0.39, 0.29) is 17.2 Å². The summed E-state index contributed by atoms with van der Waals surface area (Å²) in [6, 6.07) is 8.46. The molecule has 1 fully saturated rings. The minimum atomic E-state index is -1.04. The fourth-order valence-corrected chi connectivity index (χ4v) is 5.02. The Hall–Kier alpha value is -3.30. The number of aromatic amines is 1. The van der Waals surface area contributed by atoms with E-state index < -0.39 is 17.2 Å². The standard InChI is InChI=1S/C27H31ClFN5O3/c1-4-22(35)20-13-19(30-25(17(20)3)31-23-12-16(2)32-33-23)14-27(26(36)37)8-10-34(11-9-27)15-18-6-5-7-21(28)24(18)29/h5-7,12-13H,4,8-11,14-15H2,1-3H3,(H,36,37)(H2,30,31,32,33). The molecule has 2 aromatic heterocycles. The minimum Gasteiger partial charge on any atom is -0.481 e. The topological polar surface area (TPSA) is 111 Å². The SMILES string of the molecule is CCC(=O)c1cc(CC2(C(=O)O)CCN(Cc3cccc(Cl)c3F)CC2)nc(Nc2cc(C)[nH]n2)c1C. The van der Waals surface area contributed by atoms with E-state index in [1.807, 2.05) is 24.8 Å². The zero-order valence-corrected chi connectivity index (χ0v) is 22.0. The first-order valence-corrected chi connectivity index (χ1v) is 12.7. The molecule has 1 aromatic carbocycles. The molecular weight excluding hydrogens is 497 g/mol. The first-order valence-electron chi connectivity index (χ1n) is 12.3. The molecule has 0 saturated carbocycles. The van der Waals surface area contributed by atoms with Crippen molar-refractivity contribution in [1.29, 1.82) is 0 Å². The predicted octanol–water partition coefficient (Wildman–Crippen LogP) is 5.46. The van der Waals surface area contributed by atoms with Gasteiger partial charge in [-0.15, -0.1) is 0 Å². The van der Waals surface area contributed by atoms with Crippen LogP contribution in [-0.4, -0.2) is 50.0 Å². The van der Waals surface area contributed by atoms with Gasteiger partial charge in [0.1, 0.15) is 11.6 Å². The number of hydrogen-bond donors (Lipinski definition) is 3. The van der Waals surface area contributed by atoms with Gasteiger partial charge in [0.2, 0.25) is 0 Å². The maximum Gasteiger partial charge on any atom is 0.310 e. The number of carboxylic acid groups (broad SMARTS) is 1. The van der Waals surface area contributed by atoms with Crippen LogP contribution in [0, 0.1) is 25.1 Å². The number of aromatic nitrogens is 3. The quantitative estimate of drug-likeness (QED) is 0.317. The molecule has 0 bridgehead atoms. The molecule has 0 spiro atoms. The molecule has 0 radical (unpaired) electrons. The number of anilines is 2. The monoisotopic (exact) mass is 527 g/mol. The van der Waals surface area contributed by atoms with Crippen molar-refractivity contribution >= 4 is 35.0 Å². The number of likely N-dealkylation sites (tertiary alicyclic amines) is 1. The summed E-state index contributed by atoms with van der Waals surface area (Å²) in [6.07, 6.45) is 1.25. The number of rotatable bonds is 9. The third kappa shape index (κ3) is 5.83. The van der Waals surface area contributed by atoms with Crippen molar-refractivity contribution in [2.75, 3.05) is 18.4 Å². The van der Waals surface area contributed by atoms with Gasteiger partial charge < -0.3 is 10.4 Å². The Morgan fingerprint density at radius 1 is 1.24 bits per heavy atom. The molecule has 3 aromatic rings. The molecule has 0 atom stereocenters. The number of aliphatic carboxylic acids is 1. The van der Waals surface area contributed by atoms with Crippen molar-refractivity contribution in [3.63, 3.8) is 0 Å². The largest absolute Gasteiger partial charge is 0.481 e. The van der Waals surface area contributed by atoms with Gasteiger partial charge in [0.15, 0.2) is 11.6 Å². The number of hydrogen-bond acceptors (Lipinski definition) is 6. The Balaban J connectivity index is 1.57. The summed E-state index contributed by atoms with van der Waals surface area (Å²) in [7, 11) is 0. The van der Waals surface area contributed by atoms with Gasteiger partial charge in [0, 0.05) is 53.5 Å². The Kier molecular flexibility index (Phi) is 7.94. The summed E-state index contributed by atoms with van der Waals surface area (Å²) in [5.41, 5.74) is 2.07. The molecule has 0 aliphatic carbocycles. The van der Waals surface area contributed by atoms with E-state index in [4.69, 9.17) is 16.6 Å². The lowest BCUT2D eigenvalue weighted by Gasteiger charge is -2.39. The second-order valence-corrected chi connectivity index (χ2v) is 10.1. The van der Waals surface area contributed by atoms with E-state index in [9.17, 15) is 19.1 Å². The third-order valence-electron chi connectivity index (χ3n) is 7.11. The molecule has 1 aliphatic heterocycles. The number of benzene rings is 1. The first-order chi connectivity index (χ1) is 17.6. The first kappa shape index (κ1) is 26.8. The lowest BCUT2D eigenvalue weighted by Crippen LogP contribution is -2.45. The summed E-state index contributed by atoms with van der Waals surface area (Å²) >= 11 is 5.92. The molecule has 4 rings (SSSR count). The van der Waals surface area contributed by atoms with Crippen molar-refractivity contribution in [1.82, 2.24) is 20.1 Å². The summed E-state index contributed by atoms with van der Waals surface area (Å²) < 4.78 is 14.4. The second-order valence-electron chi connectivity index (χ2n) is 9.72. The van der Waals surface area contributed by atoms with E-state index in [1.165, 1.54) is 6.07 Å². The van der Waals surface area contributed by atoms with E-state index in [0.29, 0.717) is 72.9 Å². The van der Waals surface area contributed by atoms with Gasteiger partial charge in [-0.1, -0.05) is 30.7 Å². The van der Waals surface area contributed by atoms with Crippen LogP contribution in [0.15, 0.2) is 30.3 Å². The maximum absolute atomic E-state index is 14.4. The van der Waals surface area contributed by atoms with Crippen molar-refractivity contribution in [2.24, 2.45) is 5.41 Å². The van der Waals surface area contributed by atoms with Crippen LogP contribution in [0.4, 0.5) is 16.0 Å². The van der Waals surface area contributed by atoms with Crippen LogP contribution in [0.1, 0.15) is 59.1 Å². The number of Topliss-reactive ketones (excluding diaryl/α,β-unsaturated/α-hetero) is 1. The highest BCUT2D eigenvalue weighted by Crippen LogP contribution is 2.37. The van der Waals surface area contributed by atoms with E-state index >= 15 is 0 Å². The average molecular weight is 528 g/mol. The Bertz CT molecular complexity index is 1320. The van der Waals surface area contributed by atoms with Gasteiger partial charge in [-0.2, -0.15) is 5.10 Å². The molecule has 3 N–H and O–H groups in total. The van der Waals surface area contributed by atoms with Crippen LogP contribution in [0.2, 0.25) is 5.02 Å². The molecule has 10 heteroatoms. The molecule has 0 unspecified atom stereocenters. The van der Waals surface area contributed by atoms with Crippen LogP contribution >= 0.6 is 11.6 Å². The molecule has 1 saturated heterocycles. The highest BCUT2D eigenvalue weighted by molar-refractivity contribution is 6.30. The highest BCUT2D eigenvalue weighted by atomic mass is 35.5. The minimum absolute atomic E-state index is 0.0369. The van der Waals surface area contributed by atoms with Gasteiger partial charge in [0.05, 0.1) is 10.4 Å². The summed E-state index contributed by atoms with van der Waals surface area (Å²) in [4.78, 5) is 32.0. The molecule has 1 aliphatic rings. The maximum atomic E-state index is 14.4. The number of nitrogens with zero attached hydrogens (tertiary/aromatic N) is 3. The van der Waals surface area contributed by atoms with E-state index in [0.717, 1.165) is 5.69 Å². The van der Waals surface area contributed by atoms with Crippen LogP contribution in [-0.2, 0) is 17.8 Å². The second kappa shape index (κ2) is 11.0. The number of carboxylic acids is 1. The molecule has 196 valence electrons. The van der Waals surface area contributed by atoms with Crippen molar-refractivity contribution < 1.29 is 19.1 Å². The number of H-pyrrole nitrogens is 1. The predicted molar refractivity (Wildman–Crippen MR) is 140 cm³/mol. The number of carbonyl (C=O) groups excluding carboxylic acids is 1. The Morgan fingerprint density at radius 2 is 1.97 bits per heavy atom.